The number of nitrogen functional groups attached to an aromatic ring is 1. The van der Waals surface area contributed by atoms with E-state index in [1.54, 1.807) is 24.3 Å². The molecule has 0 bridgehead atoms. The van der Waals surface area contributed by atoms with Gasteiger partial charge in [-0.05, 0) is 24.2 Å². The van der Waals surface area contributed by atoms with Crippen LogP contribution >= 0.6 is 0 Å². The number of anilines is 3. The van der Waals surface area contributed by atoms with Gasteiger partial charge >= 0.3 is 0 Å². The Hall–Kier alpha value is -1.96. The summed E-state index contributed by atoms with van der Waals surface area (Å²) >= 11 is 0. The summed E-state index contributed by atoms with van der Waals surface area (Å²) in [7, 11) is 0. The average molecular weight is 189 g/mol. The Morgan fingerprint density at radius 2 is 1.79 bits per heavy atom. The quantitative estimate of drug-likeness (QED) is 0.713. The molecular weight excluding hydrogens is 172 g/mol. The highest BCUT2D eigenvalue weighted by Crippen LogP contribution is 2.21. The summed E-state index contributed by atoms with van der Waals surface area (Å²) in [5.74, 6) is 0. The SMILES string of the molecule is [2H]c1c([2H])c([2H])c(Nc2ccccc2N)c([2H])c1[2H]. The van der Waals surface area contributed by atoms with Gasteiger partial charge in [-0.3, -0.25) is 0 Å². The zero-order valence-electron chi connectivity index (χ0n) is 12.4. The van der Waals surface area contributed by atoms with E-state index < -0.39 is 6.04 Å². The van der Waals surface area contributed by atoms with Crippen LogP contribution in [-0.2, 0) is 0 Å². The minimum atomic E-state index is -0.415. The van der Waals surface area contributed by atoms with Crippen LogP contribution in [0.5, 0.6) is 0 Å². The predicted octanol–water partition coefficient (Wildman–Crippen LogP) is 3.01. The summed E-state index contributed by atoms with van der Waals surface area (Å²) in [6.45, 7) is 0. The Bertz CT molecular complexity index is 613. The maximum absolute atomic E-state index is 7.78. The topological polar surface area (TPSA) is 38.0 Å². The van der Waals surface area contributed by atoms with Crippen molar-refractivity contribution in [3.8, 4) is 0 Å². The molecule has 2 aromatic carbocycles. The van der Waals surface area contributed by atoms with E-state index in [1.807, 2.05) is 0 Å². The van der Waals surface area contributed by atoms with Crippen molar-refractivity contribution in [2.75, 3.05) is 11.1 Å². The first-order valence-electron chi connectivity index (χ1n) is 6.62. The van der Waals surface area contributed by atoms with Crippen LogP contribution in [0.1, 0.15) is 6.85 Å². The van der Waals surface area contributed by atoms with Crippen molar-refractivity contribution in [2.24, 2.45) is 0 Å². The van der Waals surface area contributed by atoms with Crippen LogP contribution in [0.3, 0.4) is 0 Å². The van der Waals surface area contributed by atoms with Crippen molar-refractivity contribution in [1.29, 1.82) is 0 Å². The van der Waals surface area contributed by atoms with Crippen LogP contribution < -0.4 is 11.1 Å². The second-order valence-corrected chi connectivity index (χ2v) is 2.71. The average Bonchev–Trinajstić information content (AvgIpc) is 2.41. The standard InChI is InChI=1S/C12H12N2/c13-11-8-4-5-9-12(11)14-10-6-2-1-3-7-10/h1-9,14H,13H2/i1D,2D,3D,6D,7D. The van der Waals surface area contributed by atoms with Crippen LogP contribution in [0.4, 0.5) is 17.1 Å². The Morgan fingerprint density at radius 3 is 2.50 bits per heavy atom. The van der Waals surface area contributed by atoms with E-state index in [9.17, 15) is 0 Å². The summed E-state index contributed by atoms with van der Waals surface area (Å²) in [5, 5.41) is 2.79. The van der Waals surface area contributed by atoms with Crippen molar-refractivity contribution < 1.29 is 6.85 Å². The van der Waals surface area contributed by atoms with Crippen LogP contribution in [-0.4, -0.2) is 0 Å². The molecule has 2 heteroatoms. The summed E-state index contributed by atoms with van der Waals surface area (Å²) in [5.41, 5.74) is 6.72. The van der Waals surface area contributed by atoms with Gasteiger partial charge in [0.1, 0.15) is 0 Å². The number of benzene rings is 2. The fraction of sp³-hybridized carbons (Fsp3) is 0. The van der Waals surface area contributed by atoms with Gasteiger partial charge in [-0.2, -0.15) is 0 Å². The molecule has 3 N–H and O–H groups in total. The molecular formula is C12H12N2. The van der Waals surface area contributed by atoms with Gasteiger partial charge in [0.25, 0.3) is 0 Å². The number of para-hydroxylation sites is 3. The van der Waals surface area contributed by atoms with Gasteiger partial charge in [0.05, 0.1) is 18.2 Å². The zero-order valence-corrected chi connectivity index (χ0v) is 7.39. The molecule has 0 saturated carbocycles. The molecule has 0 unspecified atom stereocenters. The number of hydrogen-bond acceptors (Lipinski definition) is 2. The second-order valence-electron chi connectivity index (χ2n) is 2.71. The number of hydrogen-bond donors (Lipinski definition) is 2. The third kappa shape index (κ3) is 1.85. The molecule has 0 atom stereocenters. The van der Waals surface area contributed by atoms with E-state index in [1.165, 1.54) is 0 Å². The van der Waals surface area contributed by atoms with Crippen LogP contribution in [0.25, 0.3) is 0 Å². The minimum Gasteiger partial charge on any atom is -0.397 e. The van der Waals surface area contributed by atoms with Gasteiger partial charge < -0.3 is 11.1 Å². The summed E-state index contributed by atoms with van der Waals surface area (Å²) in [6.07, 6.45) is 0. The highest BCUT2D eigenvalue weighted by atomic mass is 14.9. The molecule has 0 aliphatic heterocycles. The molecule has 0 heterocycles. The lowest BCUT2D eigenvalue weighted by Crippen LogP contribution is -1.94. The van der Waals surface area contributed by atoms with Crippen molar-refractivity contribution in [2.45, 2.75) is 0 Å². The minimum absolute atomic E-state index is 0.0175. The third-order valence-corrected chi connectivity index (χ3v) is 1.72. The molecule has 2 aromatic rings. The van der Waals surface area contributed by atoms with E-state index in [4.69, 9.17) is 12.6 Å². The zero-order chi connectivity index (χ0) is 14.2. The number of nitrogens with two attached hydrogens (primary N) is 1. The molecule has 2 rings (SSSR count). The molecule has 0 aromatic heterocycles. The van der Waals surface area contributed by atoms with E-state index in [0.29, 0.717) is 11.4 Å². The number of nitrogens with one attached hydrogen (secondary N) is 1. The van der Waals surface area contributed by atoms with Crippen molar-refractivity contribution >= 4 is 17.1 Å². The fourth-order valence-electron chi connectivity index (χ4n) is 1.06. The van der Waals surface area contributed by atoms with Crippen LogP contribution in [0.15, 0.2) is 54.5 Å². The highest BCUT2D eigenvalue weighted by Gasteiger charge is 1.96. The van der Waals surface area contributed by atoms with Crippen LogP contribution in [0.2, 0.25) is 0 Å². The highest BCUT2D eigenvalue weighted by molar-refractivity contribution is 5.72. The molecule has 0 aliphatic rings. The van der Waals surface area contributed by atoms with Crippen LogP contribution in [0, 0.1) is 0 Å². The molecule has 14 heavy (non-hydrogen) atoms. The van der Waals surface area contributed by atoms with E-state index >= 15 is 0 Å². The smallest absolute Gasteiger partial charge is 0.0645 e. The second kappa shape index (κ2) is 3.83. The molecule has 0 spiro atoms. The Balaban J connectivity index is 2.56. The maximum Gasteiger partial charge on any atom is 0.0645 e. The first-order valence-corrected chi connectivity index (χ1v) is 4.12. The fourth-order valence-corrected chi connectivity index (χ4v) is 1.06. The normalized spacial score (nSPS) is 14.7. The molecule has 0 radical (unpaired) electrons. The first-order chi connectivity index (χ1) is 8.93. The van der Waals surface area contributed by atoms with E-state index in [2.05, 4.69) is 5.32 Å². The largest absolute Gasteiger partial charge is 0.397 e. The predicted molar refractivity (Wildman–Crippen MR) is 60.6 cm³/mol. The molecule has 0 amide bonds. The van der Waals surface area contributed by atoms with Crippen molar-refractivity contribution in [3.05, 3.63) is 54.5 Å². The lowest BCUT2D eigenvalue weighted by atomic mass is 10.2. The van der Waals surface area contributed by atoms with Gasteiger partial charge in [0, 0.05) is 5.69 Å². The Morgan fingerprint density at radius 1 is 1.07 bits per heavy atom. The Kier molecular flexibility index (Phi) is 1.23. The first kappa shape index (κ1) is 4.51. The molecule has 70 valence electrons. The lowest BCUT2D eigenvalue weighted by molar-refractivity contribution is 1.55. The van der Waals surface area contributed by atoms with Gasteiger partial charge in [0.15, 0.2) is 0 Å². The van der Waals surface area contributed by atoms with Gasteiger partial charge in [0.2, 0.25) is 0 Å². The molecule has 2 nitrogen and oxygen atoms in total. The van der Waals surface area contributed by atoms with Gasteiger partial charge in [-0.1, -0.05) is 30.3 Å². The van der Waals surface area contributed by atoms with Crippen molar-refractivity contribution in [1.82, 2.24) is 0 Å². The van der Waals surface area contributed by atoms with Gasteiger partial charge in [-0.15, -0.1) is 0 Å². The monoisotopic (exact) mass is 189 g/mol. The summed E-state index contributed by atoms with van der Waals surface area (Å²) in [4.78, 5) is 0. The van der Waals surface area contributed by atoms with E-state index in [-0.39, 0.29) is 29.9 Å². The molecule has 0 saturated heterocycles. The maximum atomic E-state index is 7.78. The molecule has 0 aliphatic carbocycles. The van der Waals surface area contributed by atoms with Crippen molar-refractivity contribution in [3.63, 3.8) is 0 Å². The molecule has 0 fully saturated rings. The third-order valence-electron chi connectivity index (χ3n) is 1.72. The lowest BCUT2D eigenvalue weighted by Gasteiger charge is -2.08. The van der Waals surface area contributed by atoms with E-state index in [0.717, 1.165) is 0 Å². The van der Waals surface area contributed by atoms with Gasteiger partial charge in [-0.25, -0.2) is 0 Å². The summed E-state index contributed by atoms with van der Waals surface area (Å²) < 4.78 is 38.2. The number of rotatable bonds is 2. The summed E-state index contributed by atoms with van der Waals surface area (Å²) in [6, 6.07) is 5.10. The Labute approximate surface area is 90.4 Å².